The molecule has 10 nitrogen and oxygen atoms in total. The number of piperazine rings is 1. The summed E-state index contributed by atoms with van der Waals surface area (Å²) in [6, 6.07) is 31.1. The van der Waals surface area contributed by atoms with Gasteiger partial charge in [-0.15, -0.1) is 0 Å². The van der Waals surface area contributed by atoms with Gasteiger partial charge in [-0.3, -0.25) is 19.4 Å². The van der Waals surface area contributed by atoms with E-state index in [0.717, 1.165) is 43.1 Å². The third kappa shape index (κ3) is 6.31. The lowest BCUT2D eigenvalue weighted by Gasteiger charge is -2.34. The number of likely N-dealkylation sites (N-methyl/N-ethyl adjacent to an activating group) is 1. The lowest BCUT2D eigenvalue weighted by Crippen LogP contribution is -2.44. The van der Waals surface area contributed by atoms with Gasteiger partial charge in [-0.25, -0.2) is 4.68 Å². The Kier molecular flexibility index (Phi) is 8.16. The molecular formula is C37H33N7O3. The van der Waals surface area contributed by atoms with Crippen molar-refractivity contribution in [1.29, 1.82) is 0 Å². The molecule has 2 aliphatic heterocycles. The SMILES string of the molecule is CN1CCN(c2ccc(N=CC3C(=O)Nc4cc(C(=O)c5cccc(NC(=O)c6ccnn6-c6ccccc6)c5)ccc43)cc2)CC1. The van der Waals surface area contributed by atoms with E-state index in [4.69, 9.17) is 0 Å². The summed E-state index contributed by atoms with van der Waals surface area (Å²) in [5, 5.41) is 10.1. The van der Waals surface area contributed by atoms with Crippen LogP contribution in [0.2, 0.25) is 0 Å². The number of carbonyl (C=O) groups excluding carboxylic acids is 3. The monoisotopic (exact) mass is 623 g/mol. The predicted octanol–water partition coefficient (Wildman–Crippen LogP) is 5.55. The van der Waals surface area contributed by atoms with Crippen LogP contribution in [0.5, 0.6) is 0 Å². The molecule has 0 saturated carbocycles. The highest BCUT2D eigenvalue weighted by Crippen LogP contribution is 2.33. The second-order valence-electron chi connectivity index (χ2n) is 11.7. The first-order valence-corrected chi connectivity index (χ1v) is 15.5. The van der Waals surface area contributed by atoms with Gasteiger partial charge in [-0.2, -0.15) is 5.10 Å². The van der Waals surface area contributed by atoms with Crippen molar-refractivity contribution in [2.45, 2.75) is 5.92 Å². The van der Waals surface area contributed by atoms with Crippen molar-refractivity contribution < 1.29 is 14.4 Å². The zero-order valence-corrected chi connectivity index (χ0v) is 25.8. The van der Waals surface area contributed by atoms with E-state index < -0.39 is 5.92 Å². The van der Waals surface area contributed by atoms with Crippen LogP contribution in [-0.2, 0) is 4.79 Å². The molecule has 47 heavy (non-hydrogen) atoms. The molecule has 1 saturated heterocycles. The maximum atomic E-state index is 13.5. The van der Waals surface area contributed by atoms with Crippen molar-refractivity contribution in [3.63, 3.8) is 0 Å². The summed E-state index contributed by atoms with van der Waals surface area (Å²) in [7, 11) is 2.14. The standard InChI is InChI=1S/C37H33N7O3/c1-42-18-20-43(21-19-42)29-13-11-27(12-14-29)38-24-32-31-15-10-26(23-33(31)41-36(32)46)35(45)25-6-5-7-28(22-25)40-37(47)34-16-17-39-44(34)30-8-3-2-4-9-30/h2-17,22-24,32H,18-21H2,1H3,(H,40,47)(H,41,46). The molecule has 0 bridgehead atoms. The molecule has 1 atom stereocenters. The minimum Gasteiger partial charge on any atom is -0.369 e. The summed E-state index contributed by atoms with van der Waals surface area (Å²) in [6.07, 6.45) is 3.22. The van der Waals surface area contributed by atoms with Gasteiger partial charge in [0.05, 0.1) is 17.6 Å². The minimum atomic E-state index is -0.561. The Morgan fingerprint density at radius 2 is 1.62 bits per heavy atom. The van der Waals surface area contributed by atoms with Crippen molar-refractivity contribution in [2.24, 2.45) is 4.99 Å². The normalized spacial score (nSPS) is 16.2. The Morgan fingerprint density at radius 1 is 0.851 bits per heavy atom. The maximum Gasteiger partial charge on any atom is 0.274 e. The number of benzene rings is 4. The Balaban J connectivity index is 1.03. The van der Waals surface area contributed by atoms with Crippen LogP contribution in [0, 0.1) is 0 Å². The first kappa shape index (κ1) is 29.8. The number of aromatic nitrogens is 2. The molecule has 1 fully saturated rings. The molecule has 0 radical (unpaired) electrons. The van der Waals surface area contributed by atoms with Crippen LogP contribution < -0.4 is 15.5 Å². The highest BCUT2D eigenvalue weighted by atomic mass is 16.2. The number of nitrogens with one attached hydrogen (secondary N) is 2. The lowest BCUT2D eigenvalue weighted by atomic mass is 9.97. The fourth-order valence-electron chi connectivity index (χ4n) is 5.90. The molecular weight excluding hydrogens is 590 g/mol. The van der Waals surface area contributed by atoms with Crippen LogP contribution in [-0.4, -0.2) is 71.7 Å². The fraction of sp³-hybridized carbons (Fsp3) is 0.162. The highest BCUT2D eigenvalue weighted by molar-refractivity contribution is 6.15. The van der Waals surface area contributed by atoms with Gasteiger partial charge >= 0.3 is 0 Å². The smallest absolute Gasteiger partial charge is 0.274 e. The van der Waals surface area contributed by atoms with Gasteiger partial charge in [-0.1, -0.05) is 42.5 Å². The van der Waals surface area contributed by atoms with Gasteiger partial charge < -0.3 is 20.4 Å². The number of para-hydroxylation sites is 1. The summed E-state index contributed by atoms with van der Waals surface area (Å²) < 4.78 is 1.56. The molecule has 7 rings (SSSR count). The van der Waals surface area contributed by atoms with E-state index in [9.17, 15) is 14.4 Å². The third-order valence-electron chi connectivity index (χ3n) is 8.54. The van der Waals surface area contributed by atoms with Crippen LogP contribution in [0.15, 0.2) is 114 Å². The molecule has 2 aliphatic rings. The number of aliphatic imine (C=N–C) groups is 1. The molecule has 10 heteroatoms. The first-order valence-electron chi connectivity index (χ1n) is 15.5. The second-order valence-corrected chi connectivity index (χ2v) is 11.7. The molecule has 1 aromatic heterocycles. The molecule has 1 unspecified atom stereocenters. The van der Waals surface area contributed by atoms with E-state index in [2.05, 4.69) is 49.7 Å². The zero-order valence-electron chi connectivity index (χ0n) is 25.8. The van der Waals surface area contributed by atoms with E-state index in [-0.39, 0.29) is 17.6 Å². The van der Waals surface area contributed by atoms with Crippen LogP contribution in [0.4, 0.5) is 22.7 Å². The van der Waals surface area contributed by atoms with Gasteiger partial charge in [0.2, 0.25) is 5.91 Å². The molecule has 234 valence electrons. The summed E-state index contributed by atoms with van der Waals surface area (Å²) >= 11 is 0. The molecule has 2 N–H and O–H groups in total. The third-order valence-corrected chi connectivity index (χ3v) is 8.54. The molecule has 3 heterocycles. The molecule has 0 spiro atoms. The highest BCUT2D eigenvalue weighted by Gasteiger charge is 2.30. The number of rotatable bonds is 8. The van der Waals surface area contributed by atoms with E-state index in [1.165, 1.54) is 5.69 Å². The van der Waals surface area contributed by atoms with Crippen molar-refractivity contribution in [1.82, 2.24) is 14.7 Å². The van der Waals surface area contributed by atoms with E-state index >= 15 is 0 Å². The van der Waals surface area contributed by atoms with Crippen molar-refractivity contribution >= 4 is 46.6 Å². The average molecular weight is 624 g/mol. The lowest BCUT2D eigenvalue weighted by molar-refractivity contribution is -0.115. The van der Waals surface area contributed by atoms with Gasteiger partial charge in [0.15, 0.2) is 5.78 Å². The largest absolute Gasteiger partial charge is 0.369 e. The maximum absolute atomic E-state index is 13.5. The zero-order chi connectivity index (χ0) is 32.3. The predicted molar refractivity (Wildman–Crippen MR) is 184 cm³/mol. The van der Waals surface area contributed by atoms with Gasteiger partial charge in [0.1, 0.15) is 11.6 Å². The number of anilines is 3. The number of hydrogen-bond acceptors (Lipinski definition) is 7. The number of hydrogen-bond donors (Lipinski definition) is 2. The number of carbonyl (C=O) groups is 3. The van der Waals surface area contributed by atoms with Crippen LogP contribution in [0.3, 0.4) is 0 Å². The first-order chi connectivity index (χ1) is 22.9. The number of fused-ring (bicyclic) bond motifs is 1. The molecule has 5 aromatic rings. The molecule has 4 aromatic carbocycles. The average Bonchev–Trinajstić information content (AvgIpc) is 3.72. The Morgan fingerprint density at radius 3 is 2.40 bits per heavy atom. The number of amides is 2. The van der Waals surface area contributed by atoms with Crippen molar-refractivity contribution in [2.75, 3.05) is 48.8 Å². The van der Waals surface area contributed by atoms with Gasteiger partial charge in [0, 0.05) is 60.6 Å². The van der Waals surface area contributed by atoms with Crippen LogP contribution in [0.25, 0.3) is 5.69 Å². The minimum absolute atomic E-state index is 0.193. The van der Waals surface area contributed by atoms with Gasteiger partial charge in [0.25, 0.3) is 5.91 Å². The summed E-state index contributed by atoms with van der Waals surface area (Å²) in [5.74, 6) is -1.34. The summed E-state index contributed by atoms with van der Waals surface area (Å²) in [4.78, 5) is 48.8. The second kappa shape index (κ2) is 12.9. The van der Waals surface area contributed by atoms with Crippen molar-refractivity contribution in [3.8, 4) is 5.69 Å². The van der Waals surface area contributed by atoms with Gasteiger partial charge in [-0.05, 0) is 73.3 Å². The summed E-state index contributed by atoms with van der Waals surface area (Å²) in [6.45, 7) is 4.06. The quantitative estimate of drug-likeness (QED) is 0.173. The van der Waals surface area contributed by atoms with E-state index in [1.807, 2.05) is 42.5 Å². The Hall–Kier alpha value is -5.87. The fourth-order valence-corrected chi connectivity index (χ4v) is 5.90. The van der Waals surface area contributed by atoms with Crippen LogP contribution in [0.1, 0.15) is 37.9 Å². The van der Waals surface area contributed by atoms with E-state index in [1.54, 1.807) is 65.6 Å². The number of ketones is 1. The van der Waals surface area contributed by atoms with Crippen molar-refractivity contribution in [3.05, 3.63) is 132 Å². The Bertz CT molecular complexity index is 1980. The molecule has 0 aliphatic carbocycles. The van der Waals surface area contributed by atoms with E-state index in [0.29, 0.717) is 28.2 Å². The topological polar surface area (TPSA) is 112 Å². The summed E-state index contributed by atoms with van der Waals surface area (Å²) in [5.41, 5.74) is 5.72. The Labute approximate surface area is 272 Å². The molecule has 2 amide bonds. The van der Waals surface area contributed by atoms with Crippen LogP contribution >= 0.6 is 0 Å². The number of nitrogens with zero attached hydrogens (tertiary/aromatic N) is 5.